The summed E-state index contributed by atoms with van der Waals surface area (Å²) in [4.78, 5) is 24.7. The van der Waals surface area contributed by atoms with Crippen LogP contribution in [0.5, 0.6) is 0 Å². The summed E-state index contributed by atoms with van der Waals surface area (Å²) in [5.74, 6) is -2.33. The van der Waals surface area contributed by atoms with Gasteiger partial charge in [0.15, 0.2) is 0 Å². The molecule has 1 amide bonds. The molecule has 0 bridgehead atoms. The van der Waals surface area contributed by atoms with Crippen LogP contribution in [0.3, 0.4) is 0 Å². The molecular weight excluding hydrogens is 370 g/mol. The Morgan fingerprint density at radius 1 is 1.36 bits per heavy atom. The van der Waals surface area contributed by atoms with E-state index < -0.39 is 23.5 Å². The highest BCUT2D eigenvalue weighted by Crippen LogP contribution is 2.36. The van der Waals surface area contributed by atoms with Gasteiger partial charge in [0.25, 0.3) is 5.91 Å². The fraction of sp³-hybridized carbons (Fsp3) is 0.250. The van der Waals surface area contributed by atoms with E-state index >= 15 is 0 Å². The molecule has 0 radical (unpaired) electrons. The number of carbonyl (C=O) groups is 2. The Hall–Kier alpha value is -2.13. The summed E-state index contributed by atoms with van der Waals surface area (Å²) in [6, 6.07) is 3.21. The van der Waals surface area contributed by atoms with E-state index in [1.165, 1.54) is 13.1 Å². The standard InChI is InChI=1S/C16H16F2N2O3S2/c1-3-23-16(22)12-9(13(15(21)20-2)25-14(12)19)7-24-11-5-4-8(17)6-10(11)18/h4-6H,3,7,19H2,1-2H3,(H,20,21). The summed E-state index contributed by atoms with van der Waals surface area (Å²) in [5.41, 5.74) is 6.37. The van der Waals surface area contributed by atoms with Gasteiger partial charge in [-0.15, -0.1) is 23.1 Å². The summed E-state index contributed by atoms with van der Waals surface area (Å²) in [5, 5.41) is 2.64. The van der Waals surface area contributed by atoms with Crippen LogP contribution in [0, 0.1) is 11.6 Å². The number of hydrogen-bond acceptors (Lipinski definition) is 6. The minimum atomic E-state index is -0.715. The van der Waals surface area contributed by atoms with E-state index in [2.05, 4.69) is 5.32 Å². The monoisotopic (exact) mass is 386 g/mol. The van der Waals surface area contributed by atoms with E-state index in [1.807, 2.05) is 0 Å². The third-order valence-electron chi connectivity index (χ3n) is 3.21. The van der Waals surface area contributed by atoms with Crippen LogP contribution < -0.4 is 11.1 Å². The van der Waals surface area contributed by atoms with Crippen LogP contribution in [-0.2, 0) is 10.5 Å². The van der Waals surface area contributed by atoms with Crippen molar-refractivity contribution in [3.05, 3.63) is 45.8 Å². The number of nitrogens with one attached hydrogen (secondary N) is 1. The second-order valence-electron chi connectivity index (χ2n) is 4.81. The smallest absolute Gasteiger partial charge is 0.341 e. The van der Waals surface area contributed by atoms with Crippen molar-refractivity contribution in [2.24, 2.45) is 0 Å². The van der Waals surface area contributed by atoms with Crippen LogP contribution in [0.25, 0.3) is 0 Å². The first-order valence-electron chi connectivity index (χ1n) is 7.27. The lowest BCUT2D eigenvalue weighted by atomic mass is 10.1. The maximum Gasteiger partial charge on any atom is 0.341 e. The number of carbonyl (C=O) groups excluding carboxylic acids is 2. The maximum absolute atomic E-state index is 13.8. The molecule has 1 heterocycles. The number of benzene rings is 1. The molecule has 1 aromatic carbocycles. The van der Waals surface area contributed by atoms with Gasteiger partial charge in [-0.1, -0.05) is 0 Å². The van der Waals surface area contributed by atoms with Gasteiger partial charge in [0.05, 0.1) is 17.0 Å². The molecule has 9 heteroatoms. The molecule has 0 saturated carbocycles. The highest BCUT2D eigenvalue weighted by atomic mass is 32.2. The predicted molar refractivity (Wildman–Crippen MR) is 94.0 cm³/mol. The van der Waals surface area contributed by atoms with Gasteiger partial charge in [-0.2, -0.15) is 0 Å². The molecule has 3 N–H and O–H groups in total. The van der Waals surface area contributed by atoms with Crippen LogP contribution >= 0.6 is 23.1 Å². The van der Waals surface area contributed by atoms with E-state index in [-0.39, 0.29) is 32.7 Å². The molecule has 134 valence electrons. The number of esters is 1. The number of thiophene rings is 1. The van der Waals surface area contributed by atoms with E-state index in [4.69, 9.17) is 10.5 Å². The lowest BCUT2D eigenvalue weighted by Crippen LogP contribution is -2.18. The molecule has 5 nitrogen and oxygen atoms in total. The highest BCUT2D eigenvalue weighted by molar-refractivity contribution is 7.98. The van der Waals surface area contributed by atoms with E-state index in [9.17, 15) is 18.4 Å². The highest BCUT2D eigenvalue weighted by Gasteiger charge is 2.26. The van der Waals surface area contributed by atoms with Gasteiger partial charge in [0.1, 0.15) is 16.6 Å². The van der Waals surface area contributed by atoms with Gasteiger partial charge in [-0.25, -0.2) is 13.6 Å². The molecule has 0 fully saturated rings. The summed E-state index contributed by atoms with van der Waals surface area (Å²) >= 11 is 2.00. The topological polar surface area (TPSA) is 81.4 Å². The van der Waals surface area contributed by atoms with E-state index in [0.717, 1.165) is 35.2 Å². The molecule has 1 aromatic heterocycles. The Morgan fingerprint density at radius 3 is 2.68 bits per heavy atom. The van der Waals surface area contributed by atoms with Gasteiger partial charge in [0.2, 0.25) is 0 Å². The molecule has 0 aliphatic heterocycles. The van der Waals surface area contributed by atoms with Crippen molar-refractivity contribution in [2.75, 3.05) is 19.4 Å². The summed E-state index contributed by atoms with van der Waals surface area (Å²) in [7, 11) is 1.46. The largest absolute Gasteiger partial charge is 0.462 e. The van der Waals surface area contributed by atoms with Crippen LogP contribution in [0.1, 0.15) is 32.5 Å². The van der Waals surface area contributed by atoms with Crippen molar-refractivity contribution >= 4 is 40.0 Å². The number of rotatable bonds is 6. The summed E-state index contributed by atoms with van der Waals surface area (Å²) < 4.78 is 31.8. The summed E-state index contributed by atoms with van der Waals surface area (Å²) in [6.07, 6.45) is 0. The van der Waals surface area contributed by atoms with Crippen LogP contribution in [-0.4, -0.2) is 25.5 Å². The number of nitrogens with two attached hydrogens (primary N) is 1. The average molecular weight is 386 g/mol. The first-order valence-corrected chi connectivity index (χ1v) is 9.07. The number of amides is 1. The number of halogens is 2. The van der Waals surface area contributed by atoms with Crippen LogP contribution in [0.2, 0.25) is 0 Å². The molecule has 2 aromatic rings. The zero-order valence-corrected chi connectivity index (χ0v) is 15.2. The normalized spacial score (nSPS) is 10.6. The quantitative estimate of drug-likeness (QED) is 0.587. The minimum absolute atomic E-state index is 0.104. The Morgan fingerprint density at radius 2 is 2.08 bits per heavy atom. The van der Waals surface area contributed by atoms with Crippen LogP contribution in [0.4, 0.5) is 13.8 Å². The Balaban J connectivity index is 2.39. The predicted octanol–water partition coefficient (Wildman–Crippen LogP) is 3.44. The molecule has 0 spiro atoms. The Kier molecular flexibility index (Phi) is 6.38. The van der Waals surface area contributed by atoms with Crippen LogP contribution in [0.15, 0.2) is 23.1 Å². The van der Waals surface area contributed by atoms with Crippen molar-refractivity contribution in [1.29, 1.82) is 0 Å². The molecule has 2 rings (SSSR count). The van der Waals surface area contributed by atoms with Crippen molar-refractivity contribution in [3.8, 4) is 0 Å². The number of thioether (sulfide) groups is 1. The minimum Gasteiger partial charge on any atom is -0.462 e. The van der Waals surface area contributed by atoms with Crippen molar-refractivity contribution in [3.63, 3.8) is 0 Å². The molecule has 0 atom stereocenters. The third-order valence-corrected chi connectivity index (χ3v) is 5.35. The SMILES string of the molecule is CCOC(=O)c1c(N)sc(C(=O)NC)c1CSc1ccc(F)cc1F. The van der Waals surface area contributed by atoms with E-state index in [0.29, 0.717) is 5.56 Å². The first-order chi connectivity index (χ1) is 11.9. The second-order valence-corrected chi connectivity index (χ2v) is 6.88. The number of anilines is 1. The fourth-order valence-corrected chi connectivity index (χ4v) is 4.15. The zero-order chi connectivity index (χ0) is 18.6. The fourth-order valence-electron chi connectivity index (χ4n) is 2.09. The van der Waals surface area contributed by atoms with Gasteiger partial charge in [0, 0.05) is 29.3 Å². The average Bonchev–Trinajstić information content (AvgIpc) is 2.90. The Labute approximate surface area is 151 Å². The number of hydrogen-bond donors (Lipinski definition) is 2. The molecule has 0 unspecified atom stereocenters. The van der Waals surface area contributed by atoms with Gasteiger partial charge in [-0.3, -0.25) is 4.79 Å². The first kappa shape index (κ1) is 19.2. The second kappa shape index (κ2) is 8.30. The van der Waals surface area contributed by atoms with Gasteiger partial charge >= 0.3 is 5.97 Å². The van der Waals surface area contributed by atoms with Gasteiger partial charge in [-0.05, 0) is 19.1 Å². The van der Waals surface area contributed by atoms with Crippen molar-refractivity contribution in [2.45, 2.75) is 17.6 Å². The lowest BCUT2D eigenvalue weighted by molar-refractivity contribution is 0.0527. The molecule has 0 saturated heterocycles. The van der Waals surface area contributed by atoms with Crippen molar-refractivity contribution < 1.29 is 23.1 Å². The Bertz CT molecular complexity index is 809. The third kappa shape index (κ3) is 4.29. The molecule has 0 aliphatic carbocycles. The van der Waals surface area contributed by atoms with Gasteiger partial charge < -0.3 is 15.8 Å². The zero-order valence-electron chi connectivity index (χ0n) is 13.5. The number of nitrogen functional groups attached to an aromatic ring is 1. The summed E-state index contributed by atoms with van der Waals surface area (Å²) in [6.45, 7) is 1.81. The van der Waals surface area contributed by atoms with E-state index in [1.54, 1.807) is 6.92 Å². The maximum atomic E-state index is 13.8. The molecular formula is C16H16F2N2O3S2. The lowest BCUT2D eigenvalue weighted by Gasteiger charge is -2.08. The number of ether oxygens (including phenoxy) is 1. The van der Waals surface area contributed by atoms with Crippen molar-refractivity contribution in [1.82, 2.24) is 5.32 Å². The molecule has 25 heavy (non-hydrogen) atoms. The molecule has 0 aliphatic rings.